The van der Waals surface area contributed by atoms with Crippen LogP contribution in [-0.4, -0.2) is 20.1 Å². The Morgan fingerprint density at radius 1 is 1.24 bits per heavy atom. The summed E-state index contributed by atoms with van der Waals surface area (Å²) in [5, 5.41) is 8.79. The van der Waals surface area contributed by atoms with E-state index in [-0.39, 0.29) is 11.5 Å². The highest BCUT2D eigenvalue weighted by molar-refractivity contribution is 7.89. The zero-order chi connectivity index (χ0) is 15.3. The van der Waals surface area contributed by atoms with Crippen LogP contribution in [0.4, 0.5) is 0 Å². The number of nitrogens with one attached hydrogen (secondary N) is 1. The van der Waals surface area contributed by atoms with Crippen molar-refractivity contribution in [1.82, 2.24) is 4.72 Å². The molecule has 21 heavy (non-hydrogen) atoms. The van der Waals surface area contributed by atoms with Crippen molar-refractivity contribution >= 4 is 10.0 Å². The number of aliphatic hydroxyl groups is 1. The molecular formula is C15H19NO4S. The number of aryl methyl sites for hydroxylation is 1. The topological polar surface area (TPSA) is 79.5 Å². The third-order valence-electron chi connectivity index (χ3n) is 3.16. The van der Waals surface area contributed by atoms with E-state index in [9.17, 15) is 8.42 Å². The Hall–Kier alpha value is -1.63. The van der Waals surface area contributed by atoms with Crippen LogP contribution >= 0.6 is 0 Å². The van der Waals surface area contributed by atoms with Crippen LogP contribution in [0.1, 0.15) is 30.7 Å². The number of hydrogen-bond acceptors (Lipinski definition) is 4. The zero-order valence-electron chi connectivity index (χ0n) is 11.8. The van der Waals surface area contributed by atoms with E-state index in [1.165, 1.54) is 6.26 Å². The highest BCUT2D eigenvalue weighted by Gasteiger charge is 2.19. The van der Waals surface area contributed by atoms with E-state index in [0.717, 1.165) is 12.0 Å². The summed E-state index contributed by atoms with van der Waals surface area (Å²) >= 11 is 0. The van der Waals surface area contributed by atoms with E-state index in [2.05, 4.69) is 4.72 Å². The highest BCUT2D eigenvalue weighted by Crippen LogP contribution is 2.18. The first-order valence-corrected chi connectivity index (χ1v) is 8.27. The molecule has 0 aliphatic carbocycles. The molecule has 0 aliphatic heterocycles. The average molecular weight is 309 g/mol. The smallest absolute Gasteiger partial charge is 0.241 e. The molecular weight excluding hydrogens is 290 g/mol. The summed E-state index contributed by atoms with van der Waals surface area (Å²) in [7, 11) is -3.58. The second kappa shape index (κ2) is 6.89. The Balaban J connectivity index is 2.08. The number of benzene rings is 1. The van der Waals surface area contributed by atoms with Gasteiger partial charge in [0, 0.05) is 6.61 Å². The molecule has 2 aromatic rings. The van der Waals surface area contributed by atoms with Crippen molar-refractivity contribution < 1.29 is 17.9 Å². The van der Waals surface area contributed by atoms with Crippen LogP contribution in [0.2, 0.25) is 0 Å². The van der Waals surface area contributed by atoms with Crippen molar-refractivity contribution in [3.8, 4) is 0 Å². The molecule has 1 heterocycles. The SMILES string of the molecule is CC(NS(=O)(=O)c1ccc(CCCO)cc1)c1ccco1. The minimum atomic E-state index is -3.58. The maximum Gasteiger partial charge on any atom is 0.241 e. The van der Waals surface area contributed by atoms with Crippen LogP contribution in [-0.2, 0) is 16.4 Å². The molecule has 0 aliphatic rings. The van der Waals surface area contributed by atoms with Crippen LogP contribution in [0.15, 0.2) is 52.0 Å². The van der Waals surface area contributed by atoms with Gasteiger partial charge in [0.1, 0.15) is 5.76 Å². The summed E-state index contributed by atoms with van der Waals surface area (Å²) in [5.74, 6) is 0.568. The van der Waals surface area contributed by atoms with E-state index < -0.39 is 16.1 Å². The van der Waals surface area contributed by atoms with Gasteiger partial charge in [0.15, 0.2) is 0 Å². The Morgan fingerprint density at radius 3 is 2.52 bits per heavy atom. The molecule has 114 valence electrons. The van der Waals surface area contributed by atoms with Crippen LogP contribution in [0.3, 0.4) is 0 Å². The molecule has 0 saturated heterocycles. The summed E-state index contributed by atoms with van der Waals surface area (Å²) in [6, 6.07) is 9.69. The van der Waals surface area contributed by atoms with Gasteiger partial charge < -0.3 is 9.52 Å². The first-order chi connectivity index (χ1) is 10.0. The van der Waals surface area contributed by atoms with Crippen LogP contribution < -0.4 is 4.72 Å². The Bertz CT molecular complexity index is 647. The van der Waals surface area contributed by atoms with Crippen molar-refractivity contribution in [3.63, 3.8) is 0 Å². The van der Waals surface area contributed by atoms with Gasteiger partial charge >= 0.3 is 0 Å². The van der Waals surface area contributed by atoms with E-state index in [4.69, 9.17) is 9.52 Å². The fourth-order valence-electron chi connectivity index (χ4n) is 2.01. The van der Waals surface area contributed by atoms with E-state index >= 15 is 0 Å². The lowest BCUT2D eigenvalue weighted by Gasteiger charge is -2.12. The summed E-state index contributed by atoms with van der Waals surface area (Å²) in [6.07, 6.45) is 2.91. The summed E-state index contributed by atoms with van der Waals surface area (Å²) in [5.41, 5.74) is 1.00. The number of aliphatic hydroxyl groups excluding tert-OH is 1. The summed E-state index contributed by atoms with van der Waals surface area (Å²) in [4.78, 5) is 0.216. The van der Waals surface area contributed by atoms with Crippen molar-refractivity contribution in [2.45, 2.75) is 30.7 Å². The number of hydrogen-bond donors (Lipinski definition) is 2. The normalized spacial score (nSPS) is 13.2. The zero-order valence-corrected chi connectivity index (χ0v) is 12.6. The molecule has 1 aromatic heterocycles. The second-order valence-corrected chi connectivity index (χ2v) is 6.54. The molecule has 1 aromatic carbocycles. The van der Waals surface area contributed by atoms with E-state index in [0.29, 0.717) is 12.2 Å². The van der Waals surface area contributed by atoms with E-state index in [1.807, 2.05) is 0 Å². The standard InChI is InChI=1S/C15H19NO4S/c1-12(15-5-3-11-20-15)16-21(18,19)14-8-6-13(7-9-14)4-2-10-17/h3,5-9,11-12,16-17H,2,4,10H2,1H3. The predicted molar refractivity (Wildman–Crippen MR) is 79.3 cm³/mol. The third-order valence-corrected chi connectivity index (χ3v) is 4.72. The Morgan fingerprint density at radius 2 is 1.95 bits per heavy atom. The van der Waals surface area contributed by atoms with E-state index in [1.54, 1.807) is 43.3 Å². The lowest BCUT2D eigenvalue weighted by atomic mass is 10.1. The van der Waals surface area contributed by atoms with Crippen molar-refractivity contribution in [2.24, 2.45) is 0 Å². The van der Waals surface area contributed by atoms with Gasteiger partial charge in [0.05, 0.1) is 17.2 Å². The van der Waals surface area contributed by atoms with Gasteiger partial charge in [-0.25, -0.2) is 13.1 Å². The van der Waals surface area contributed by atoms with Crippen molar-refractivity contribution in [3.05, 3.63) is 54.0 Å². The maximum absolute atomic E-state index is 12.3. The van der Waals surface area contributed by atoms with Gasteiger partial charge in [-0.1, -0.05) is 12.1 Å². The number of furan rings is 1. The molecule has 2 rings (SSSR count). The Labute approximate surface area is 124 Å². The summed E-state index contributed by atoms with van der Waals surface area (Å²) in [6.45, 7) is 1.86. The van der Waals surface area contributed by atoms with Gasteiger partial charge in [-0.15, -0.1) is 0 Å². The first kappa shape index (κ1) is 15.8. The summed E-state index contributed by atoms with van der Waals surface area (Å²) < 4.78 is 32.3. The minimum Gasteiger partial charge on any atom is -0.468 e. The first-order valence-electron chi connectivity index (χ1n) is 6.78. The molecule has 0 fully saturated rings. The van der Waals surface area contributed by atoms with Crippen LogP contribution in [0.25, 0.3) is 0 Å². The molecule has 0 bridgehead atoms. The molecule has 0 saturated carbocycles. The van der Waals surface area contributed by atoms with Crippen LogP contribution in [0.5, 0.6) is 0 Å². The highest BCUT2D eigenvalue weighted by atomic mass is 32.2. The predicted octanol–water partition coefficient (Wildman–Crippen LogP) is 2.24. The monoisotopic (exact) mass is 309 g/mol. The van der Waals surface area contributed by atoms with Crippen molar-refractivity contribution in [1.29, 1.82) is 0 Å². The van der Waals surface area contributed by atoms with Gasteiger partial charge in [-0.2, -0.15) is 0 Å². The van der Waals surface area contributed by atoms with Gasteiger partial charge in [-0.05, 0) is 49.6 Å². The molecule has 1 atom stereocenters. The molecule has 6 heteroatoms. The average Bonchev–Trinajstić information content (AvgIpc) is 2.99. The van der Waals surface area contributed by atoms with Gasteiger partial charge in [0.25, 0.3) is 0 Å². The molecule has 2 N–H and O–H groups in total. The lowest BCUT2D eigenvalue weighted by molar-refractivity contribution is 0.288. The Kier molecular flexibility index (Phi) is 5.17. The number of sulfonamides is 1. The quantitative estimate of drug-likeness (QED) is 0.822. The number of rotatable bonds is 7. The second-order valence-electron chi connectivity index (χ2n) is 4.83. The minimum absolute atomic E-state index is 0.127. The van der Waals surface area contributed by atoms with Crippen molar-refractivity contribution in [2.75, 3.05) is 6.61 Å². The molecule has 0 amide bonds. The largest absolute Gasteiger partial charge is 0.468 e. The molecule has 1 unspecified atom stereocenters. The maximum atomic E-state index is 12.3. The molecule has 0 spiro atoms. The fraction of sp³-hybridized carbons (Fsp3) is 0.333. The van der Waals surface area contributed by atoms with Gasteiger partial charge in [-0.3, -0.25) is 0 Å². The molecule has 5 nitrogen and oxygen atoms in total. The van der Waals surface area contributed by atoms with Crippen LogP contribution in [0, 0.1) is 0 Å². The molecule has 0 radical (unpaired) electrons. The van der Waals surface area contributed by atoms with Gasteiger partial charge in [0.2, 0.25) is 10.0 Å². The third kappa shape index (κ3) is 4.17. The lowest BCUT2D eigenvalue weighted by Crippen LogP contribution is -2.26. The fourth-order valence-corrected chi connectivity index (χ4v) is 3.23.